The lowest BCUT2D eigenvalue weighted by Gasteiger charge is -2.03. The Kier molecular flexibility index (Phi) is 3.35. The lowest BCUT2D eigenvalue weighted by Crippen LogP contribution is -1.93. The molecule has 0 bridgehead atoms. The van der Waals surface area contributed by atoms with Crippen LogP contribution in [0.5, 0.6) is 0 Å². The number of nitro benzene ring substituents is 1. The van der Waals surface area contributed by atoms with Crippen LogP contribution in [0.1, 0.15) is 16.7 Å². The van der Waals surface area contributed by atoms with Crippen molar-refractivity contribution in [2.24, 2.45) is 0 Å². The molecule has 2 aromatic carbocycles. The molecule has 4 nitrogen and oxygen atoms in total. The predicted molar refractivity (Wildman–Crippen MR) is 67.1 cm³/mol. The van der Waals surface area contributed by atoms with Gasteiger partial charge in [-0.15, -0.1) is 0 Å². The molecule has 2 aromatic rings. The first-order valence-corrected chi connectivity index (χ1v) is 5.42. The molecule has 0 unspecified atom stereocenters. The number of non-ortho nitro benzene ring substituents is 1. The van der Waals surface area contributed by atoms with Gasteiger partial charge in [0.1, 0.15) is 0 Å². The fourth-order valence-corrected chi connectivity index (χ4v) is 1.74. The van der Waals surface area contributed by atoms with Crippen LogP contribution in [-0.4, -0.2) is 4.92 Å². The van der Waals surface area contributed by atoms with Gasteiger partial charge >= 0.3 is 0 Å². The van der Waals surface area contributed by atoms with Crippen molar-refractivity contribution in [2.75, 3.05) is 0 Å². The minimum atomic E-state index is -0.424. The smallest absolute Gasteiger partial charge is 0.258 e. The largest absolute Gasteiger partial charge is 0.269 e. The molecule has 0 amide bonds. The molecule has 0 aliphatic heterocycles. The fraction of sp³-hybridized carbons (Fsp3) is 0.0714. The Morgan fingerprint density at radius 3 is 2.39 bits per heavy atom. The van der Waals surface area contributed by atoms with E-state index in [4.69, 9.17) is 5.26 Å². The maximum atomic E-state index is 10.5. The Morgan fingerprint density at radius 1 is 1.11 bits per heavy atom. The maximum Gasteiger partial charge on any atom is 0.269 e. The van der Waals surface area contributed by atoms with Crippen LogP contribution in [-0.2, 0) is 6.42 Å². The number of rotatable bonds is 3. The van der Waals surface area contributed by atoms with E-state index in [0.29, 0.717) is 12.0 Å². The van der Waals surface area contributed by atoms with Crippen LogP contribution >= 0.6 is 0 Å². The summed E-state index contributed by atoms with van der Waals surface area (Å²) in [5.41, 5.74) is 2.58. The summed E-state index contributed by atoms with van der Waals surface area (Å²) in [6.45, 7) is 0. The Labute approximate surface area is 104 Å². The molecule has 88 valence electrons. The Hall–Kier alpha value is -2.67. The summed E-state index contributed by atoms with van der Waals surface area (Å²) in [6.07, 6.45) is 0.599. The molecule has 0 heterocycles. The second-order valence-corrected chi connectivity index (χ2v) is 3.87. The van der Waals surface area contributed by atoms with Gasteiger partial charge in [0.15, 0.2) is 0 Å². The highest BCUT2D eigenvalue weighted by Gasteiger charge is 2.06. The van der Waals surface area contributed by atoms with Gasteiger partial charge in [0, 0.05) is 12.1 Å². The van der Waals surface area contributed by atoms with E-state index in [0.717, 1.165) is 11.1 Å². The van der Waals surface area contributed by atoms with Crippen molar-refractivity contribution in [1.29, 1.82) is 5.26 Å². The summed E-state index contributed by atoms with van der Waals surface area (Å²) in [4.78, 5) is 10.1. The number of nitrogens with zero attached hydrogens (tertiary/aromatic N) is 2. The first-order chi connectivity index (χ1) is 8.70. The van der Waals surface area contributed by atoms with E-state index in [2.05, 4.69) is 6.07 Å². The summed E-state index contributed by atoms with van der Waals surface area (Å²) in [5.74, 6) is 0. The summed E-state index contributed by atoms with van der Waals surface area (Å²) in [5, 5.41) is 19.5. The van der Waals surface area contributed by atoms with Gasteiger partial charge in [0.2, 0.25) is 0 Å². The SMILES string of the molecule is N#Cc1ccccc1Cc1ccc([N+](=O)[O-])cc1. The van der Waals surface area contributed by atoms with E-state index < -0.39 is 4.92 Å². The first-order valence-electron chi connectivity index (χ1n) is 5.42. The molecule has 0 atom stereocenters. The molecule has 0 N–H and O–H groups in total. The molecular weight excluding hydrogens is 228 g/mol. The minimum Gasteiger partial charge on any atom is -0.258 e. The highest BCUT2D eigenvalue weighted by Crippen LogP contribution is 2.17. The standard InChI is InChI=1S/C14H10N2O2/c15-10-13-4-2-1-3-12(13)9-11-5-7-14(8-6-11)16(17)18/h1-8H,9H2. The lowest BCUT2D eigenvalue weighted by molar-refractivity contribution is -0.384. The average molecular weight is 238 g/mol. The molecule has 0 radical (unpaired) electrons. The number of nitriles is 1. The van der Waals surface area contributed by atoms with Gasteiger partial charge in [-0.3, -0.25) is 10.1 Å². The van der Waals surface area contributed by atoms with Crippen molar-refractivity contribution in [1.82, 2.24) is 0 Å². The normalized spacial score (nSPS) is 9.72. The van der Waals surface area contributed by atoms with Crippen LogP contribution in [0.15, 0.2) is 48.5 Å². The van der Waals surface area contributed by atoms with Crippen molar-refractivity contribution in [3.8, 4) is 6.07 Å². The van der Waals surface area contributed by atoms with Crippen molar-refractivity contribution in [3.63, 3.8) is 0 Å². The van der Waals surface area contributed by atoms with E-state index in [9.17, 15) is 10.1 Å². The van der Waals surface area contributed by atoms with E-state index >= 15 is 0 Å². The van der Waals surface area contributed by atoms with Gasteiger partial charge in [0.05, 0.1) is 16.6 Å². The average Bonchev–Trinajstić information content (AvgIpc) is 2.40. The molecule has 0 saturated heterocycles. The zero-order valence-electron chi connectivity index (χ0n) is 9.54. The van der Waals surface area contributed by atoms with Crippen LogP contribution in [0.3, 0.4) is 0 Å². The number of benzene rings is 2. The predicted octanol–water partition coefficient (Wildman–Crippen LogP) is 3.06. The number of hydrogen-bond donors (Lipinski definition) is 0. The van der Waals surface area contributed by atoms with Crippen LogP contribution in [0, 0.1) is 21.4 Å². The quantitative estimate of drug-likeness (QED) is 0.609. The second kappa shape index (κ2) is 5.11. The summed E-state index contributed by atoms with van der Waals surface area (Å²) in [6, 6.07) is 15.9. The van der Waals surface area contributed by atoms with Crippen molar-refractivity contribution in [3.05, 3.63) is 75.3 Å². The highest BCUT2D eigenvalue weighted by atomic mass is 16.6. The minimum absolute atomic E-state index is 0.0762. The van der Waals surface area contributed by atoms with Crippen LogP contribution in [0.4, 0.5) is 5.69 Å². The Morgan fingerprint density at radius 2 is 1.78 bits per heavy atom. The van der Waals surface area contributed by atoms with Crippen molar-refractivity contribution < 1.29 is 4.92 Å². The Balaban J connectivity index is 2.24. The monoisotopic (exact) mass is 238 g/mol. The summed E-state index contributed by atoms with van der Waals surface area (Å²) < 4.78 is 0. The highest BCUT2D eigenvalue weighted by molar-refractivity contribution is 5.42. The molecule has 4 heteroatoms. The number of hydrogen-bond acceptors (Lipinski definition) is 3. The van der Waals surface area contributed by atoms with Gasteiger partial charge in [-0.25, -0.2) is 0 Å². The third-order valence-corrected chi connectivity index (χ3v) is 2.68. The fourth-order valence-electron chi connectivity index (χ4n) is 1.74. The maximum absolute atomic E-state index is 10.5. The van der Waals surface area contributed by atoms with Crippen molar-refractivity contribution >= 4 is 5.69 Å². The molecule has 0 aliphatic rings. The third kappa shape index (κ3) is 2.53. The molecule has 18 heavy (non-hydrogen) atoms. The van der Waals surface area contributed by atoms with Crippen LogP contribution in [0.25, 0.3) is 0 Å². The molecule has 0 aliphatic carbocycles. The van der Waals surface area contributed by atoms with E-state index in [1.807, 2.05) is 18.2 Å². The van der Waals surface area contributed by atoms with Gasteiger partial charge in [0.25, 0.3) is 5.69 Å². The second-order valence-electron chi connectivity index (χ2n) is 3.87. The molecular formula is C14H10N2O2. The van der Waals surface area contributed by atoms with Crippen molar-refractivity contribution in [2.45, 2.75) is 6.42 Å². The van der Waals surface area contributed by atoms with Gasteiger partial charge < -0.3 is 0 Å². The number of nitro groups is 1. The lowest BCUT2D eigenvalue weighted by atomic mass is 10.0. The summed E-state index contributed by atoms with van der Waals surface area (Å²) >= 11 is 0. The molecule has 0 fully saturated rings. The van der Waals surface area contributed by atoms with Gasteiger partial charge in [-0.1, -0.05) is 30.3 Å². The van der Waals surface area contributed by atoms with Gasteiger partial charge in [-0.05, 0) is 23.6 Å². The van der Waals surface area contributed by atoms with E-state index in [-0.39, 0.29) is 5.69 Å². The van der Waals surface area contributed by atoms with Crippen LogP contribution in [0.2, 0.25) is 0 Å². The third-order valence-electron chi connectivity index (χ3n) is 2.68. The molecule has 0 saturated carbocycles. The van der Waals surface area contributed by atoms with Crippen LogP contribution < -0.4 is 0 Å². The zero-order valence-corrected chi connectivity index (χ0v) is 9.54. The summed E-state index contributed by atoms with van der Waals surface area (Å²) in [7, 11) is 0. The first kappa shape index (κ1) is 11.8. The van der Waals surface area contributed by atoms with E-state index in [1.54, 1.807) is 18.2 Å². The molecule has 2 rings (SSSR count). The van der Waals surface area contributed by atoms with Gasteiger partial charge in [-0.2, -0.15) is 5.26 Å². The topological polar surface area (TPSA) is 66.9 Å². The molecule has 0 spiro atoms. The molecule has 0 aromatic heterocycles. The Bertz CT molecular complexity index is 612. The zero-order chi connectivity index (χ0) is 13.0. The van der Waals surface area contributed by atoms with E-state index in [1.165, 1.54) is 12.1 Å².